The van der Waals surface area contributed by atoms with E-state index in [2.05, 4.69) is 36.6 Å². The monoisotopic (exact) mass is 400 g/mol. The fourth-order valence-electron chi connectivity index (χ4n) is 2.70. The molecule has 1 heterocycles. The maximum absolute atomic E-state index is 10.7. The molecule has 1 fully saturated rings. The van der Waals surface area contributed by atoms with E-state index in [1.54, 1.807) is 0 Å². The SMILES string of the molecule is C=C(O)C1CCCN1C(=C)C.CC.CCCC(CCC)C(N)=O.COC(C)=O. The number of methoxy groups -OCH3 is 1. The van der Waals surface area contributed by atoms with Crippen LogP contribution in [0, 0.1) is 5.92 Å². The van der Waals surface area contributed by atoms with E-state index in [0.29, 0.717) is 0 Å². The third-order valence-corrected chi connectivity index (χ3v) is 4.09. The molecule has 0 radical (unpaired) electrons. The predicted molar refractivity (Wildman–Crippen MR) is 118 cm³/mol. The van der Waals surface area contributed by atoms with Crippen LogP contribution in [0.25, 0.3) is 0 Å². The van der Waals surface area contributed by atoms with E-state index >= 15 is 0 Å². The Morgan fingerprint density at radius 3 is 1.82 bits per heavy atom. The van der Waals surface area contributed by atoms with Crippen molar-refractivity contribution in [2.45, 2.75) is 86.1 Å². The molecule has 1 rings (SSSR count). The number of rotatable bonds is 7. The fraction of sp³-hybridized carbons (Fsp3) is 0.727. The van der Waals surface area contributed by atoms with Gasteiger partial charge in [-0.25, -0.2) is 0 Å². The van der Waals surface area contributed by atoms with Crippen molar-refractivity contribution in [3.8, 4) is 0 Å². The average Bonchev–Trinajstić information content (AvgIpc) is 3.14. The third-order valence-electron chi connectivity index (χ3n) is 4.09. The van der Waals surface area contributed by atoms with Crippen molar-refractivity contribution in [3.63, 3.8) is 0 Å². The molecule has 0 aliphatic carbocycles. The lowest BCUT2D eigenvalue weighted by atomic mass is 9.98. The number of carbonyl (C=O) groups is 2. The highest BCUT2D eigenvalue weighted by Gasteiger charge is 2.25. The average molecular weight is 401 g/mol. The van der Waals surface area contributed by atoms with E-state index in [1.165, 1.54) is 14.0 Å². The Labute approximate surface area is 172 Å². The molecule has 1 atom stereocenters. The summed E-state index contributed by atoms with van der Waals surface area (Å²) in [6.07, 6.45) is 6.12. The summed E-state index contributed by atoms with van der Waals surface area (Å²) in [4.78, 5) is 22.4. The van der Waals surface area contributed by atoms with E-state index in [0.717, 1.165) is 50.8 Å². The van der Waals surface area contributed by atoms with Crippen LogP contribution in [0.3, 0.4) is 0 Å². The van der Waals surface area contributed by atoms with E-state index in [-0.39, 0.29) is 29.6 Å². The highest BCUT2D eigenvalue weighted by Crippen LogP contribution is 2.24. The summed E-state index contributed by atoms with van der Waals surface area (Å²) >= 11 is 0. The van der Waals surface area contributed by atoms with Gasteiger partial charge in [0, 0.05) is 25.1 Å². The smallest absolute Gasteiger partial charge is 0.302 e. The number of carbonyl (C=O) groups excluding carboxylic acids is 2. The molecular formula is C22H44N2O4. The number of allylic oxidation sites excluding steroid dienone is 1. The molecule has 0 aromatic carbocycles. The van der Waals surface area contributed by atoms with Crippen molar-refractivity contribution < 1.29 is 19.4 Å². The van der Waals surface area contributed by atoms with Gasteiger partial charge in [-0.3, -0.25) is 9.59 Å². The zero-order valence-corrected chi connectivity index (χ0v) is 19.2. The van der Waals surface area contributed by atoms with Crippen molar-refractivity contribution in [2.24, 2.45) is 11.7 Å². The number of nitrogens with two attached hydrogens (primary N) is 1. The van der Waals surface area contributed by atoms with Crippen LogP contribution in [0.2, 0.25) is 0 Å². The first kappa shape index (κ1) is 30.7. The molecule has 28 heavy (non-hydrogen) atoms. The van der Waals surface area contributed by atoms with Gasteiger partial charge in [-0.05, 0) is 32.6 Å². The summed E-state index contributed by atoms with van der Waals surface area (Å²) in [6.45, 7) is 19.9. The van der Waals surface area contributed by atoms with Crippen molar-refractivity contribution in [1.82, 2.24) is 4.90 Å². The second-order valence-corrected chi connectivity index (χ2v) is 6.45. The Kier molecular flexibility index (Phi) is 21.7. The van der Waals surface area contributed by atoms with Crippen molar-refractivity contribution in [3.05, 3.63) is 24.6 Å². The number of aliphatic hydroxyl groups excluding tert-OH is 1. The first-order valence-corrected chi connectivity index (χ1v) is 10.3. The molecule has 1 amide bonds. The van der Waals surface area contributed by atoms with Crippen molar-refractivity contribution >= 4 is 11.9 Å². The Morgan fingerprint density at radius 2 is 1.61 bits per heavy atom. The highest BCUT2D eigenvalue weighted by atomic mass is 16.5. The summed E-state index contributed by atoms with van der Waals surface area (Å²) in [7, 11) is 1.35. The first-order valence-electron chi connectivity index (χ1n) is 10.3. The maximum Gasteiger partial charge on any atom is 0.302 e. The van der Waals surface area contributed by atoms with Crippen LogP contribution in [0.4, 0.5) is 0 Å². The van der Waals surface area contributed by atoms with Gasteiger partial charge in [0.05, 0.1) is 13.2 Å². The quantitative estimate of drug-likeness (QED) is 0.466. The molecule has 6 nitrogen and oxygen atoms in total. The highest BCUT2D eigenvalue weighted by molar-refractivity contribution is 5.76. The molecule has 0 spiro atoms. The van der Waals surface area contributed by atoms with Gasteiger partial charge in [-0.2, -0.15) is 0 Å². The molecule has 0 saturated carbocycles. The molecule has 0 bridgehead atoms. The minimum atomic E-state index is -0.245. The summed E-state index contributed by atoms with van der Waals surface area (Å²) < 4.78 is 4.11. The molecule has 0 aromatic heterocycles. The number of hydrogen-bond donors (Lipinski definition) is 2. The Balaban J connectivity index is -0.000000340. The van der Waals surface area contributed by atoms with E-state index in [4.69, 9.17) is 5.73 Å². The molecule has 166 valence electrons. The van der Waals surface area contributed by atoms with Gasteiger partial charge < -0.3 is 20.5 Å². The van der Waals surface area contributed by atoms with E-state index < -0.39 is 0 Å². The molecule has 1 unspecified atom stereocenters. The lowest BCUT2D eigenvalue weighted by Crippen LogP contribution is -2.28. The molecule has 1 aliphatic heterocycles. The lowest BCUT2D eigenvalue weighted by Gasteiger charge is -2.25. The number of likely N-dealkylation sites (tertiary alicyclic amines) is 1. The van der Waals surface area contributed by atoms with Crippen LogP contribution in [-0.2, 0) is 14.3 Å². The van der Waals surface area contributed by atoms with Crippen molar-refractivity contribution in [1.29, 1.82) is 0 Å². The topological polar surface area (TPSA) is 92.9 Å². The minimum absolute atomic E-state index is 0.118. The van der Waals surface area contributed by atoms with Crippen LogP contribution in [0.15, 0.2) is 24.6 Å². The fourth-order valence-corrected chi connectivity index (χ4v) is 2.70. The van der Waals surface area contributed by atoms with Crippen LogP contribution in [0.5, 0.6) is 0 Å². The lowest BCUT2D eigenvalue weighted by molar-refractivity contribution is -0.138. The minimum Gasteiger partial charge on any atom is -0.511 e. The van der Waals surface area contributed by atoms with Gasteiger partial charge in [0.15, 0.2) is 0 Å². The number of aliphatic hydroxyl groups is 1. The Bertz CT molecular complexity index is 424. The summed E-state index contributed by atoms with van der Waals surface area (Å²) in [6, 6.07) is 0.118. The van der Waals surface area contributed by atoms with Crippen molar-refractivity contribution in [2.75, 3.05) is 13.7 Å². The predicted octanol–water partition coefficient (Wildman–Crippen LogP) is 4.95. The van der Waals surface area contributed by atoms with Gasteiger partial charge in [0.25, 0.3) is 0 Å². The van der Waals surface area contributed by atoms with Crippen LogP contribution in [-0.4, -0.2) is 41.6 Å². The maximum atomic E-state index is 10.7. The molecule has 1 aliphatic rings. The van der Waals surface area contributed by atoms with Gasteiger partial charge in [-0.15, -0.1) is 0 Å². The van der Waals surface area contributed by atoms with Gasteiger partial charge in [-0.1, -0.05) is 53.7 Å². The zero-order chi connectivity index (χ0) is 22.7. The number of esters is 1. The van der Waals surface area contributed by atoms with Crippen LogP contribution < -0.4 is 5.73 Å². The molecule has 1 saturated heterocycles. The van der Waals surface area contributed by atoms with E-state index in [9.17, 15) is 14.7 Å². The number of ether oxygens (including phenoxy) is 1. The van der Waals surface area contributed by atoms with Crippen LogP contribution in [0.1, 0.15) is 80.1 Å². The number of hydrogen-bond acceptors (Lipinski definition) is 5. The van der Waals surface area contributed by atoms with Gasteiger partial charge in [0.1, 0.15) is 5.76 Å². The standard InChI is InChI=1S/C9H15NO.C8H17NO.C3H6O2.C2H6/c1-7(2)10-6-4-5-9(10)8(3)11;1-3-5-7(6-4-2)8(9)10;1-3(4)5-2;1-2/h9,11H,1,3-6H2,2H3;7H,3-6H2,1-2H3,(H2,9,10);1-2H3;1-2H3. The normalized spacial score (nSPS) is 14.4. The largest absolute Gasteiger partial charge is 0.511 e. The first-order chi connectivity index (χ1) is 13.1. The number of amides is 1. The molecule has 6 heteroatoms. The Hall–Kier alpha value is -1.98. The van der Waals surface area contributed by atoms with Crippen LogP contribution >= 0.6 is 0 Å². The number of primary amides is 1. The zero-order valence-electron chi connectivity index (χ0n) is 19.2. The Morgan fingerprint density at radius 1 is 1.18 bits per heavy atom. The third kappa shape index (κ3) is 16.2. The molecule has 0 aromatic rings. The summed E-state index contributed by atoms with van der Waals surface area (Å²) in [5.74, 6) is 0.00852. The number of nitrogens with zero attached hydrogens (tertiary/aromatic N) is 1. The second-order valence-electron chi connectivity index (χ2n) is 6.45. The van der Waals surface area contributed by atoms with Gasteiger partial charge >= 0.3 is 5.97 Å². The van der Waals surface area contributed by atoms with E-state index in [1.807, 2.05) is 20.8 Å². The molecular weight excluding hydrogens is 356 g/mol. The van der Waals surface area contributed by atoms with Gasteiger partial charge in [0.2, 0.25) is 5.91 Å². The second kappa shape index (κ2) is 19.8. The summed E-state index contributed by atoms with van der Waals surface area (Å²) in [5.41, 5.74) is 6.19. The molecule has 3 N–H and O–H groups in total. The summed E-state index contributed by atoms with van der Waals surface area (Å²) in [5, 5.41) is 9.19.